The molecule has 0 heterocycles. The average Bonchev–Trinajstić information content (AvgIpc) is 2.83. The van der Waals surface area contributed by atoms with Crippen LogP contribution in [0.4, 0.5) is 0 Å². The van der Waals surface area contributed by atoms with Gasteiger partial charge in [0.15, 0.2) is 0 Å². The summed E-state index contributed by atoms with van der Waals surface area (Å²) in [6.07, 6.45) is 0. The molecule has 1 nitrogen and oxygen atoms in total. The maximum atomic E-state index is 5.42. The molecule has 0 aromatic heterocycles. The van der Waals surface area contributed by atoms with Crippen LogP contribution in [0, 0.1) is 0 Å². The fourth-order valence-electron chi connectivity index (χ4n) is 3.65. The van der Waals surface area contributed by atoms with Gasteiger partial charge in [-0.25, -0.2) is 0 Å². The average molecular weight is 300 g/mol. The van der Waals surface area contributed by atoms with E-state index in [9.17, 15) is 0 Å². The normalized spacial score (nSPS) is 14.2. The molecule has 0 atom stereocenters. The van der Waals surface area contributed by atoms with E-state index in [1.807, 2.05) is 0 Å². The summed E-state index contributed by atoms with van der Waals surface area (Å²) < 4.78 is 5.42. The first kappa shape index (κ1) is 14.1. The number of ether oxygens (including phenoxy) is 1. The number of methoxy groups -OCH3 is 1. The lowest BCUT2D eigenvalue weighted by Crippen LogP contribution is -2.15. The molecule has 0 saturated heterocycles. The zero-order valence-corrected chi connectivity index (χ0v) is 13.8. The summed E-state index contributed by atoms with van der Waals surface area (Å²) in [6.45, 7) is 4.60. The van der Waals surface area contributed by atoms with Crippen molar-refractivity contribution >= 4 is 0 Å². The van der Waals surface area contributed by atoms with E-state index in [1.165, 1.54) is 33.4 Å². The quantitative estimate of drug-likeness (QED) is 0.592. The first-order valence-corrected chi connectivity index (χ1v) is 8.00. The standard InChI is InChI=1S/C22H20O/c1-22(2)20-13-16(15-7-5-4-6-8-15)9-11-18(20)19-12-10-17(23-3)14-21(19)22/h4-14H,1-3H3. The van der Waals surface area contributed by atoms with Crippen LogP contribution in [0.5, 0.6) is 5.75 Å². The molecule has 0 spiro atoms. The van der Waals surface area contributed by atoms with Crippen molar-refractivity contribution in [3.8, 4) is 28.0 Å². The second-order valence-electron chi connectivity index (χ2n) is 6.66. The molecule has 1 aliphatic rings. The highest BCUT2D eigenvalue weighted by Gasteiger charge is 2.35. The smallest absolute Gasteiger partial charge is 0.119 e. The van der Waals surface area contributed by atoms with Gasteiger partial charge < -0.3 is 4.74 Å². The lowest BCUT2D eigenvalue weighted by atomic mass is 9.81. The van der Waals surface area contributed by atoms with Crippen LogP contribution in [-0.4, -0.2) is 7.11 Å². The molecule has 0 fully saturated rings. The summed E-state index contributed by atoms with van der Waals surface area (Å²) in [4.78, 5) is 0. The zero-order chi connectivity index (χ0) is 16.0. The second-order valence-corrected chi connectivity index (χ2v) is 6.66. The van der Waals surface area contributed by atoms with Gasteiger partial charge in [-0.3, -0.25) is 0 Å². The number of hydrogen-bond acceptors (Lipinski definition) is 1. The SMILES string of the molecule is COc1ccc2c(c1)C(C)(C)c1cc(-c3ccccc3)ccc1-2. The predicted octanol–water partition coefficient (Wildman–Crippen LogP) is 5.67. The lowest BCUT2D eigenvalue weighted by Gasteiger charge is -2.22. The Labute approximate surface area is 137 Å². The summed E-state index contributed by atoms with van der Waals surface area (Å²) in [5.41, 5.74) is 7.93. The van der Waals surface area contributed by atoms with Crippen LogP contribution in [0.25, 0.3) is 22.3 Å². The van der Waals surface area contributed by atoms with Gasteiger partial charge in [-0.1, -0.05) is 62.4 Å². The molecule has 0 saturated carbocycles. The van der Waals surface area contributed by atoms with E-state index in [1.54, 1.807) is 7.11 Å². The molecule has 0 amide bonds. The minimum atomic E-state index is -0.00992. The molecule has 23 heavy (non-hydrogen) atoms. The van der Waals surface area contributed by atoms with Gasteiger partial charge in [0.25, 0.3) is 0 Å². The minimum absolute atomic E-state index is 0.00992. The van der Waals surface area contributed by atoms with Gasteiger partial charge in [0.05, 0.1) is 7.11 Å². The summed E-state index contributed by atoms with van der Waals surface area (Å²) in [6, 6.07) is 23.8. The third-order valence-electron chi connectivity index (χ3n) is 4.99. The van der Waals surface area contributed by atoms with Gasteiger partial charge >= 0.3 is 0 Å². The van der Waals surface area contributed by atoms with Crippen molar-refractivity contribution in [1.82, 2.24) is 0 Å². The van der Waals surface area contributed by atoms with Crippen molar-refractivity contribution in [3.63, 3.8) is 0 Å². The third-order valence-corrected chi connectivity index (χ3v) is 4.99. The van der Waals surface area contributed by atoms with E-state index in [-0.39, 0.29) is 5.41 Å². The Balaban J connectivity index is 1.90. The maximum Gasteiger partial charge on any atom is 0.119 e. The highest BCUT2D eigenvalue weighted by Crippen LogP contribution is 2.50. The first-order valence-electron chi connectivity index (χ1n) is 8.00. The van der Waals surface area contributed by atoms with Crippen molar-refractivity contribution in [2.45, 2.75) is 19.3 Å². The summed E-state index contributed by atoms with van der Waals surface area (Å²) in [7, 11) is 1.73. The van der Waals surface area contributed by atoms with Crippen LogP contribution in [0.1, 0.15) is 25.0 Å². The van der Waals surface area contributed by atoms with Gasteiger partial charge in [0.2, 0.25) is 0 Å². The lowest BCUT2D eigenvalue weighted by molar-refractivity contribution is 0.413. The van der Waals surface area contributed by atoms with E-state index in [0.717, 1.165) is 5.75 Å². The topological polar surface area (TPSA) is 9.23 Å². The summed E-state index contributed by atoms with van der Waals surface area (Å²) in [5.74, 6) is 0.924. The molecule has 3 aromatic rings. The summed E-state index contributed by atoms with van der Waals surface area (Å²) >= 11 is 0. The molecule has 0 aliphatic heterocycles. The molecule has 0 N–H and O–H groups in total. The van der Waals surface area contributed by atoms with E-state index >= 15 is 0 Å². The van der Waals surface area contributed by atoms with Crippen LogP contribution in [0.15, 0.2) is 66.7 Å². The Kier molecular flexibility index (Phi) is 3.05. The highest BCUT2D eigenvalue weighted by molar-refractivity contribution is 5.84. The molecular weight excluding hydrogens is 280 g/mol. The van der Waals surface area contributed by atoms with Gasteiger partial charge in [-0.05, 0) is 51.6 Å². The van der Waals surface area contributed by atoms with Crippen LogP contribution < -0.4 is 4.74 Å². The first-order chi connectivity index (χ1) is 11.1. The van der Waals surface area contributed by atoms with Gasteiger partial charge in [-0.15, -0.1) is 0 Å². The number of rotatable bonds is 2. The molecule has 0 radical (unpaired) electrons. The molecule has 3 aromatic carbocycles. The Morgan fingerprint density at radius 3 is 2.04 bits per heavy atom. The fraction of sp³-hybridized carbons (Fsp3) is 0.182. The van der Waals surface area contributed by atoms with Crippen molar-refractivity contribution < 1.29 is 4.74 Å². The van der Waals surface area contributed by atoms with Crippen molar-refractivity contribution in [1.29, 1.82) is 0 Å². The fourth-order valence-corrected chi connectivity index (χ4v) is 3.65. The van der Waals surface area contributed by atoms with E-state index in [0.29, 0.717) is 0 Å². The number of benzene rings is 3. The van der Waals surface area contributed by atoms with Gasteiger partial charge in [-0.2, -0.15) is 0 Å². The molecule has 1 heteroatoms. The number of hydrogen-bond donors (Lipinski definition) is 0. The van der Waals surface area contributed by atoms with E-state index < -0.39 is 0 Å². The van der Waals surface area contributed by atoms with Crippen LogP contribution in [-0.2, 0) is 5.41 Å². The minimum Gasteiger partial charge on any atom is -0.497 e. The molecular formula is C22H20O. The van der Waals surface area contributed by atoms with E-state index in [4.69, 9.17) is 4.74 Å². The van der Waals surface area contributed by atoms with Gasteiger partial charge in [0, 0.05) is 5.41 Å². The summed E-state index contributed by atoms with van der Waals surface area (Å²) in [5, 5.41) is 0. The zero-order valence-electron chi connectivity index (χ0n) is 13.8. The molecule has 0 bridgehead atoms. The largest absolute Gasteiger partial charge is 0.497 e. The van der Waals surface area contributed by atoms with Crippen molar-refractivity contribution in [3.05, 3.63) is 77.9 Å². The van der Waals surface area contributed by atoms with E-state index in [2.05, 4.69) is 80.6 Å². The number of fused-ring (bicyclic) bond motifs is 3. The third kappa shape index (κ3) is 2.08. The molecule has 0 unspecified atom stereocenters. The molecule has 114 valence electrons. The Bertz CT molecular complexity index is 876. The van der Waals surface area contributed by atoms with Crippen molar-refractivity contribution in [2.24, 2.45) is 0 Å². The molecule has 1 aliphatic carbocycles. The Morgan fingerprint density at radius 2 is 1.35 bits per heavy atom. The van der Waals surface area contributed by atoms with Gasteiger partial charge in [0.1, 0.15) is 5.75 Å². The Hall–Kier alpha value is -2.54. The van der Waals surface area contributed by atoms with Crippen molar-refractivity contribution in [2.75, 3.05) is 7.11 Å². The van der Waals surface area contributed by atoms with Crippen LogP contribution in [0.3, 0.4) is 0 Å². The maximum absolute atomic E-state index is 5.42. The second kappa shape index (κ2) is 4.99. The van der Waals surface area contributed by atoms with Crippen LogP contribution in [0.2, 0.25) is 0 Å². The monoisotopic (exact) mass is 300 g/mol. The molecule has 4 rings (SSSR count). The predicted molar refractivity (Wildman–Crippen MR) is 96.0 cm³/mol. The Morgan fingerprint density at radius 1 is 0.696 bits per heavy atom. The highest BCUT2D eigenvalue weighted by atomic mass is 16.5. The van der Waals surface area contributed by atoms with Crippen LogP contribution >= 0.6 is 0 Å².